The van der Waals surface area contributed by atoms with Crippen LogP contribution in [0, 0.1) is 6.92 Å². The maximum Gasteiger partial charge on any atom is 0.259 e. The van der Waals surface area contributed by atoms with Gasteiger partial charge in [0.25, 0.3) is 5.91 Å². The lowest BCUT2D eigenvalue weighted by Gasteiger charge is -2.31. The van der Waals surface area contributed by atoms with E-state index in [1.54, 1.807) is 10.9 Å². The lowest BCUT2D eigenvalue weighted by Crippen LogP contribution is -2.36. The number of ether oxygens (including phenoxy) is 3. The van der Waals surface area contributed by atoms with Crippen LogP contribution in [0.5, 0.6) is 11.5 Å². The van der Waals surface area contributed by atoms with Gasteiger partial charge >= 0.3 is 0 Å². The van der Waals surface area contributed by atoms with Crippen molar-refractivity contribution < 1.29 is 19.0 Å². The number of para-hydroxylation sites is 1. The minimum absolute atomic E-state index is 0.253. The monoisotopic (exact) mass is 450 g/mol. The molecule has 2 heterocycles. The van der Waals surface area contributed by atoms with Gasteiger partial charge in [0.15, 0.2) is 0 Å². The molecule has 3 aromatic rings. The van der Waals surface area contributed by atoms with Gasteiger partial charge in [-0.3, -0.25) is 4.79 Å². The van der Waals surface area contributed by atoms with Crippen LogP contribution in [0.2, 0.25) is 0 Å². The first-order valence-corrected chi connectivity index (χ1v) is 11.3. The maximum atomic E-state index is 13.2. The fraction of sp³-hybridized carbons (Fsp3) is 0.360. The van der Waals surface area contributed by atoms with Gasteiger partial charge in [-0.05, 0) is 32.9 Å². The van der Waals surface area contributed by atoms with Crippen LogP contribution in [0.1, 0.15) is 29.9 Å². The van der Waals surface area contributed by atoms with Gasteiger partial charge in [0.05, 0.1) is 60.9 Å². The van der Waals surface area contributed by atoms with E-state index in [-0.39, 0.29) is 5.91 Å². The highest BCUT2D eigenvalue weighted by Crippen LogP contribution is 2.39. The predicted octanol–water partition coefficient (Wildman–Crippen LogP) is 4.07. The fourth-order valence-electron chi connectivity index (χ4n) is 3.90. The molecule has 0 aliphatic carbocycles. The van der Waals surface area contributed by atoms with Gasteiger partial charge in [-0.15, -0.1) is 0 Å². The highest BCUT2D eigenvalue weighted by molar-refractivity contribution is 6.06. The normalized spacial score (nSPS) is 13.6. The number of hydrogen-bond acceptors (Lipinski definition) is 6. The third kappa shape index (κ3) is 4.96. The molecule has 0 saturated carbocycles. The molecule has 0 radical (unpaired) electrons. The van der Waals surface area contributed by atoms with Crippen LogP contribution >= 0.6 is 0 Å². The van der Waals surface area contributed by atoms with Gasteiger partial charge in [-0.1, -0.05) is 18.2 Å². The van der Waals surface area contributed by atoms with Crippen molar-refractivity contribution in [2.45, 2.75) is 20.8 Å². The van der Waals surface area contributed by atoms with Gasteiger partial charge in [0, 0.05) is 25.2 Å². The molecule has 2 aromatic carbocycles. The molecule has 1 aliphatic heterocycles. The second kappa shape index (κ2) is 10.4. The first kappa shape index (κ1) is 22.7. The predicted molar refractivity (Wildman–Crippen MR) is 128 cm³/mol. The number of carbonyl (C=O) groups excluding carboxylic acids is 1. The molecule has 1 aromatic heterocycles. The van der Waals surface area contributed by atoms with Crippen molar-refractivity contribution in [2.24, 2.45) is 0 Å². The first-order valence-electron chi connectivity index (χ1n) is 11.3. The molecule has 0 unspecified atom stereocenters. The number of aromatic nitrogens is 2. The summed E-state index contributed by atoms with van der Waals surface area (Å²) in [5, 5.41) is 7.42. The van der Waals surface area contributed by atoms with Gasteiger partial charge in [0.2, 0.25) is 0 Å². The molecule has 0 spiro atoms. The summed E-state index contributed by atoms with van der Waals surface area (Å²) in [6.07, 6.45) is 1.59. The molecular weight excluding hydrogens is 420 g/mol. The van der Waals surface area contributed by atoms with Gasteiger partial charge in [-0.2, -0.15) is 5.10 Å². The van der Waals surface area contributed by atoms with E-state index < -0.39 is 0 Å². The Morgan fingerprint density at radius 3 is 2.45 bits per heavy atom. The summed E-state index contributed by atoms with van der Waals surface area (Å²) in [6, 6.07) is 13.5. The van der Waals surface area contributed by atoms with Crippen molar-refractivity contribution in [1.29, 1.82) is 0 Å². The number of nitrogens with one attached hydrogen (secondary N) is 1. The smallest absolute Gasteiger partial charge is 0.259 e. The zero-order valence-electron chi connectivity index (χ0n) is 19.3. The SMILES string of the molecule is CCOc1cc(N2CCOCC2)c(OCC)cc1NC(=O)c1cnn(-c2ccccc2)c1C. The zero-order valence-corrected chi connectivity index (χ0v) is 19.3. The van der Waals surface area contributed by atoms with Crippen LogP contribution in [-0.2, 0) is 4.74 Å². The van der Waals surface area contributed by atoms with Crippen molar-refractivity contribution in [2.75, 3.05) is 49.7 Å². The number of anilines is 2. The standard InChI is InChI=1S/C25H30N4O4/c1-4-32-23-16-22(28-11-13-31-14-12-28)24(33-5-2)15-21(23)27-25(30)20-17-26-29(18(20)3)19-9-7-6-8-10-19/h6-10,15-17H,4-5,11-14H2,1-3H3,(H,27,30). The number of carbonyl (C=O) groups is 1. The molecular formula is C25H30N4O4. The van der Waals surface area contributed by atoms with Crippen LogP contribution in [-0.4, -0.2) is 55.2 Å². The maximum absolute atomic E-state index is 13.2. The molecule has 1 amide bonds. The third-order valence-electron chi connectivity index (χ3n) is 5.52. The Morgan fingerprint density at radius 2 is 1.76 bits per heavy atom. The van der Waals surface area contributed by atoms with Gasteiger partial charge < -0.3 is 24.4 Å². The lowest BCUT2D eigenvalue weighted by atomic mass is 10.2. The molecule has 8 heteroatoms. The zero-order chi connectivity index (χ0) is 23.2. The molecule has 174 valence electrons. The third-order valence-corrected chi connectivity index (χ3v) is 5.52. The summed E-state index contributed by atoms with van der Waals surface area (Å²) >= 11 is 0. The van der Waals surface area contributed by atoms with E-state index in [9.17, 15) is 4.79 Å². The molecule has 33 heavy (non-hydrogen) atoms. The number of rotatable bonds is 8. The molecule has 1 aliphatic rings. The van der Waals surface area contributed by atoms with Crippen LogP contribution in [0.25, 0.3) is 5.69 Å². The van der Waals surface area contributed by atoms with Gasteiger partial charge in [-0.25, -0.2) is 4.68 Å². The minimum Gasteiger partial charge on any atom is -0.492 e. The van der Waals surface area contributed by atoms with E-state index in [0.29, 0.717) is 49.2 Å². The van der Waals surface area contributed by atoms with Crippen molar-refractivity contribution in [3.8, 4) is 17.2 Å². The van der Waals surface area contributed by atoms with E-state index in [1.807, 2.05) is 63.2 Å². The van der Waals surface area contributed by atoms with E-state index in [2.05, 4.69) is 15.3 Å². The van der Waals surface area contributed by atoms with Crippen molar-refractivity contribution in [3.63, 3.8) is 0 Å². The second-order valence-electron chi connectivity index (χ2n) is 7.63. The average molecular weight is 451 g/mol. The fourth-order valence-corrected chi connectivity index (χ4v) is 3.90. The van der Waals surface area contributed by atoms with E-state index >= 15 is 0 Å². The summed E-state index contributed by atoms with van der Waals surface area (Å²) in [5.74, 6) is 1.05. The molecule has 0 bridgehead atoms. The molecule has 8 nitrogen and oxygen atoms in total. The topological polar surface area (TPSA) is 77.8 Å². The molecule has 4 rings (SSSR count). The quantitative estimate of drug-likeness (QED) is 0.558. The molecule has 1 N–H and O–H groups in total. The Hall–Kier alpha value is -3.52. The number of amides is 1. The van der Waals surface area contributed by atoms with Crippen LogP contribution < -0.4 is 19.7 Å². The highest BCUT2D eigenvalue weighted by Gasteiger charge is 2.22. The highest BCUT2D eigenvalue weighted by atomic mass is 16.5. The van der Waals surface area contributed by atoms with E-state index in [0.717, 1.165) is 30.2 Å². The summed E-state index contributed by atoms with van der Waals surface area (Å²) in [7, 11) is 0. The Balaban J connectivity index is 1.65. The Labute approximate surface area is 194 Å². The Kier molecular flexibility index (Phi) is 7.14. The Morgan fingerprint density at radius 1 is 1.06 bits per heavy atom. The number of nitrogens with zero attached hydrogens (tertiary/aromatic N) is 3. The summed E-state index contributed by atoms with van der Waals surface area (Å²) in [4.78, 5) is 15.4. The van der Waals surface area contributed by atoms with Crippen molar-refractivity contribution in [1.82, 2.24) is 9.78 Å². The van der Waals surface area contributed by atoms with Crippen molar-refractivity contribution >= 4 is 17.3 Å². The number of hydrogen-bond donors (Lipinski definition) is 1. The van der Waals surface area contributed by atoms with Crippen LogP contribution in [0.15, 0.2) is 48.7 Å². The first-order chi connectivity index (χ1) is 16.1. The number of morpholine rings is 1. The van der Waals surface area contributed by atoms with Crippen LogP contribution in [0.3, 0.4) is 0 Å². The summed E-state index contributed by atoms with van der Waals surface area (Å²) < 4.78 is 19.1. The molecule has 1 fully saturated rings. The lowest BCUT2D eigenvalue weighted by molar-refractivity contribution is 0.102. The van der Waals surface area contributed by atoms with Gasteiger partial charge in [0.1, 0.15) is 11.5 Å². The summed E-state index contributed by atoms with van der Waals surface area (Å²) in [5.41, 5.74) is 3.66. The molecule has 0 atom stereocenters. The molecule has 1 saturated heterocycles. The van der Waals surface area contributed by atoms with Crippen LogP contribution in [0.4, 0.5) is 11.4 Å². The summed E-state index contributed by atoms with van der Waals surface area (Å²) in [6.45, 7) is 9.61. The van der Waals surface area contributed by atoms with E-state index in [1.165, 1.54) is 0 Å². The number of benzene rings is 2. The Bertz CT molecular complexity index is 1090. The average Bonchev–Trinajstić information content (AvgIpc) is 3.23. The van der Waals surface area contributed by atoms with E-state index in [4.69, 9.17) is 14.2 Å². The minimum atomic E-state index is -0.253. The largest absolute Gasteiger partial charge is 0.492 e. The van der Waals surface area contributed by atoms with Crippen molar-refractivity contribution in [3.05, 3.63) is 59.9 Å². The second-order valence-corrected chi connectivity index (χ2v) is 7.63.